The number of phenols is 1. The van der Waals surface area contributed by atoms with Crippen LogP contribution in [-0.2, 0) is 0 Å². The van der Waals surface area contributed by atoms with Crippen molar-refractivity contribution in [2.75, 3.05) is 6.54 Å². The molecule has 0 amide bonds. The standard InChI is InChI=1S/C11H14BrNO2/c1-6-5-8(9(14)3-4-13)11(15)10(12)7(6)2/h5,15H,3-4,13H2,1-2H3. The fraction of sp³-hybridized carbons (Fsp3) is 0.364. The van der Waals surface area contributed by atoms with Crippen molar-refractivity contribution in [2.24, 2.45) is 5.73 Å². The van der Waals surface area contributed by atoms with E-state index in [2.05, 4.69) is 15.9 Å². The van der Waals surface area contributed by atoms with Crippen LogP contribution in [0.3, 0.4) is 0 Å². The van der Waals surface area contributed by atoms with E-state index in [9.17, 15) is 9.90 Å². The maximum atomic E-state index is 11.6. The fourth-order valence-corrected chi connectivity index (χ4v) is 1.87. The molecule has 1 rings (SSSR count). The van der Waals surface area contributed by atoms with Gasteiger partial charge >= 0.3 is 0 Å². The van der Waals surface area contributed by atoms with Crippen LogP contribution in [0.25, 0.3) is 0 Å². The lowest BCUT2D eigenvalue weighted by molar-refractivity contribution is 0.0982. The molecule has 0 heterocycles. The summed E-state index contributed by atoms with van der Waals surface area (Å²) in [5.74, 6) is -0.115. The summed E-state index contributed by atoms with van der Waals surface area (Å²) in [5, 5.41) is 9.79. The van der Waals surface area contributed by atoms with Gasteiger partial charge in [0.25, 0.3) is 0 Å². The van der Waals surface area contributed by atoms with Crippen LogP contribution in [0, 0.1) is 13.8 Å². The fourth-order valence-electron chi connectivity index (χ4n) is 1.34. The van der Waals surface area contributed by atoms with Gasteiger partial charge in [-0.1, -0.05) is 0 Å². The van der Waals surface area contributed by atoms with Crippen molar-refractivity contribution < 1.29 is 9.90 Å². The number of halogens is 1. The van der Waals surface area contributed by atoms with Crippen molar-refractivity contribution in [3.63, 3.8) is 0 Å². The van der Waals surface area contributed by atoms with E-state index in [1.54, 1.807) is 6.07 Å². The van der Waals surface area contributed by atoms with E-state index < -0.39 is 0 Å². The summed E-state index contributed by atoms with van der Waals surface area (Å²) in [5.41, 5.74) is 7.57. The van der Waals surface area contributed by atoms with Gasteiger partial charge in [-0.3, -0.25) is 4.79 Å². The summed E-state index contributed by atoms with van der Waals surface area (Å²) in [6.45, 7) is 4.08. The van der Waals surface area contributed by atoms with Gasteiger partial charge in [0.15, 0.2) is 5.78 Å². The van der Waals surface area contributed by atoms with E-state index in [1.807, 2.05) is 13.8 Å². The summed E-state index contributed by atoms with van der Waals surface area (Å²) >= 11 is 3.27. The van der Waals surface area contributed by atoms with Gasteiger partial charge in [0, 0.05) is 6.42 Å². The maximum Gasteiger partial charge on any atom is 0.167 e. The van der Waals surface area contributed by atoms with Gasteiger partial charge < -0.3 is 10.8 Å². The molecule has 0 aromatic heterocycles. The van der Waals surface area contributed by atoms with Crippen molar-refractivity contribution >= 4 is 21.7 Å². The smallest absolute Gasteiger partial charge is 0.167 e. The first-order valence-electron chi connectivity index (χ1n) is 4.71. The monoisotopic (exact) mass is 271 g/mol. The average molecular weight is 272 g/mol. The molecular weight excluding hydrogens is 258 g/mol. The van der Waals surface area contributed by atoms with Crippen molar-refractivity contribution in [3.8, 4) is 5.75 Å². The molecular formula is C11H14BrNO2. The van der Waals surface area contributed by atoms with Gasteiger partial charge in [-0.05, 0) is 53.5 Å². The minimum Gasteiger partial charge on any atom is -0.506 e. The quantitative estimate of drug-likeness (QED) is 0.830. The number of rotatable bonds is 3. The molecule has 3 nitrogen and oxygen atoms in total. The first-order chi connectivity index (χ1) is 6.99. The van der Waals surface area contributed by atoms with Crippen LogP contribution in [0.4, 0.5) is 0 Å². The number of hydrogen-bond donors (Lipinski definition) is 2. The molecule has 0 aliphatic rings. The predicted octanol–water partition coefficient (Wildman–Crippen LogP) is 2.30. The molecule has 0 bridgehead atoms. The van der Waals surface area contributed by atoms with E-state index in [-0.39, 0.29) is 18.0 Å². The molecule has 4 heteroatoms. The van der Waals surface area contributed by atoms with E-state index in [1.165, 1.54) is 0 Å². The zero-order valence-electron chi connectivity index (χ0n) is 8.80. The minimum absolute atomic E-state index is 0.0107. The topological polar surface area (TPSA) is 63.3 Å². The van der Waals surface area contributed by atoms with Crippen molar-refractivity contribution in [3.05, 3.63) is 27.2 Å². The first kappa shape index (κ1) is 12.2. The van der Waals surface area contributed by atoms with Crippen LogP contribution in [-0.4, -0.2) is 17.4 Å². The molecule has 0 atom stereocenters. The lowest BCUT2D eigenvalue weighted by atomic mass is 10.0. The number of Topliss-reactive ketones (excluding diaryl/α,β-unsaturated/α-hetero) is 1. The molecule has 1 aromatic rings. The number of benzene rings is 1. The molecule has 0 radical (unpaired) electrons. The second kappa shape index (κ2) is 4.77. The van der Waals surface area contributed by atoms with E-state index >= 15 is 0 Å². The highest BCUT2D eigenvalue weighted by molar-refractivity contribution is 9.10. The number of phenolic OH excluding ortho intramolecular Hbond substituents is 1. The van der Waals surface area contributed by atoms with Gasteiger partial charge in [0.1, 0.15) is 5.75 Å². The second-order valence-corrected chi connectivity index (χ2v) is 4.28. The number of hydrogen-bond acceptors (Lipinski definition) is 3. The largest absolute Gasteiger partial charge is 0.506 e. The Balaban J connectivity index is 3.26. The van der Waals surface area contributed by atoms with Crippen LogP contribution in [0.5, 0.6) is 5.75 Å². The molecule has 0 spiro atoms. The summed E-state index contributed by atoms with van der Waals surface area (Å²) in [4.78, 5) is 11.6. The van der Waals surface area contributed by atoms with Crippen LogP contribution in [0.1, 0.15) is 27.9 Å². The molecule has 0 aliphatic heterocycles. The first-order valence-corrected chi connectivity index (χ1v) is 5.50. The number of carbonyl (C=O) groups excluding carboxylic acids is 1. The van der Waals surface area contributed by atoms with Gasteiger partial charge in [-0.15, -0.1) is 0 Å². The third-order valence-electron chi connectivity index (χ3n) is 2.42. The molecule has 0 unspecified atom stereocenters. The molecule has 15 heavy (non-hydrogen) atoms. The third-order valence-corrected chi connectivity index (χ3v) is 3.39. The molecule has 0 fully saturated rings. The molecule has 1 aromatic carbocycles. The molecule has 0 saturated heterocycles. The normalized spacial score (nSPS) is 10.4. The van der Waals surface area contributed by atoms with Crippen molar-refractivity contribution in [1.29, 1.82) is 0 Å². The molecule has 3 N–H and O–H groups in total. The maximum absolute atomic E-state index is 11.6. The zero-order chi connectivity index (χ0) is 11.6. The predicted molar refractivity (Wildman–Crippen MR) is 63.3 cm³/mol. The molecule has 82 valence electrons. The van der Waals surface area contributed by atoms with Gasteiger partial charge in [0.2, 0.25) is 0 Å². The summed E-state index contributed by atoms with van der Waals surface area (Å²) in [6.07, 6.45) is 0.252. The van der Waals surface area contributed by atoms with Crippen LogP contribution in [0.2, 0.25) is 0 Å². The summed E-state index contributed by atoms with van der Waals surface area (Å²) in [6, 6.07) is 1.70. The van der Waals surface area contributed by atoms with Gasteiger partial charge in [0.05, 0.1) is 10.0 Å². The zero-order valence-corrected chi connectivity index (χ0v) is 10.4. The Morgan fingerprint density at radius 2 is 2.13 bits per heavy atom. The van der Waals surface area contributed by atoms with Crippen LogP contribution >= 0.6 is 15.9 Å². The Hall–Kier alpha value is -0.870. The van der Waals surface area contributed by atoms with Crippen molar-refractivity contribution in [1.82, 2.24) is 0 Å². The lowest BCUT2D eigenvalue weighted by Crippen LogP contribution is -2.09. The summed E-state index contributed by atoms with van der Waals surface area (Å²) in [7, 11) is 0. The van der Waals surface area contributed by atoms with Crippen LogP contribution < -0.4 is 5.73 Å². The molecule has 0 saturated carbocycles. The minimum atomic E-state index is -0.126. The molecule has 0 aliphatic carbocycles. The van der Waals surface area contributed by atoms with Gasteiger partial charge in [-0.25, -0.2) is 0 Å². The van der Waals surface area contributed by atoms with E-state index in [0.29, 0.717) is 16.6 Å². The Morgan fingerprint density at radius 3 is 2.67 bits per heavy atom. The third kappa shape index (κ3) is 2.38. The summed E-state index contributed by atoms with van der Waals surface area (Å²) < 4.78 is 0.586. The Morgan fingerprint density at radius 1 is 1.53 bits per heavy atom. The number of aromatic hydroxyl groups is 1. The highest BCUT2D eigenvalue weighted by Crippen LogP contribution is 2.33. The Bertz CT molecular complexity index is 402. The highest BCUT2D eigenvalue weighted by Gasteiger charge is 2.16. The highest BCUT2D eigenvalue weighted by atomic mass is 79.9. The Labute approximate surface area is 97.4 Å². The van der Waals surface area contributed by atoms with E-state index in [4.69, 9.17) is 5.73 Å². The van der Waals surface area contributed by atoms with Crippen molar-refractivity contribution in [2.45, 2.75) is 20.3 Å². The number of carbonyl (C=O) groups is 1. The average Bonchev–Trinajstić information content (AvgIpc) is 2.20. The SMILES string of the molecule is Cc1cc(C(=O)CCN)c(O)c(Br)c1C. The second-order valence-electron chi connectivity index (χ2n) is 3.49. The van der Waals surface area contributed by atoms with Gasteiger partial charge in [-0.2, -0.15) is 0 Å². The number of nitrogens with two attached hydrogens (primary N) is 1. The Kier molecular flexibility index (Phi) is 3.88. The number of aryl methyl sites for hydroxylation is 1. The van der Waals surface area contributed by atoms with E-state index in [0.717, 1.165) is 11.1 Å². The number of ketones is 1. The van der Waals surface area contributed by atoms with Crippen LogP contribution in [0.15, 0.2) is 10.5 Å². The lowest BCUT2D eigenvalue weighted by Gasteiger charge is -2.10.